The zero-order valence-corrected chi connectivity index (χ0v) is 12.9. The molecule has 22 heavy (non-hydrogen) atoms. The molecule has 1 aliphatic heterocycles. The molecule has 0 amide bonds. The summed E-state index contributed by atoms with van der Waals surface area (Å²) < 4.78 is 7.72. The van der Waals surface area contributed by atoms with Gasteiger partial charge < -0.3 is 4.74 Å². The van der Waals surface area contributed by atoms with Crippen molar-refractivity contribution in [3.05, 3.63) is 58.4 Å². The highest BCUT2D eigenvalue weighted by molar-refractivity contribution is 7.98. The van der Waals surface area contributed by atoms with Gasteiger partial charge in [0.1, 0.15) is 0 Å². The predicted molar refractivity (Wildman–Crippen MR) is 88.3 cm³/mol. The Morgan fingerprint density at radius 2 is 2.18 bits per heavy atom. The fourth-order valence-corrected chi connectivity index (χ4v) is 3.31. The molecule has 4 nitrogen and oxygen atoms in total. The molecule has 0 saturated carbocycles. The van der Waals surface area contributed by atoms with Gasteiger partial charge in [0.15, 0.2) is 11.1 Å². The molecule has 1 aromatic carbocycles. The van der Waals surface area contributed by atoms with Crippen molar-refractivity contribution in [1.82, 2.24) is 9.55 Å². The number of nitrogens with zero attached hydrogens (tertiary/aromatic N) is 2. The first-order valence-corrected chi connectivity index (χ1v) is 8.32. The second-order valence-corrected chi connectivity index (χ2v) is 6.00. The SMILES string of the molecule is CSc1cccc(-n2c3c(c(=O)c4cccnc42)CCO3)c1. The van der Waals surface area contributed by atoms with E-state index in [2.05, 4.69) is 17.1 Å². The second-order valence-electron chi connectivity index (χ2n) is 5.12. The monoisotopic (exact) mass is 310 g/mol. The third-order valence-corrected chi connectivity index (χ3v) is 4.61. The molecule has 0 atom stereocenters. The lowest BCUT2D eigenvalue weighted by Gasteiger charge is -2.15. The van der Waals surface area contributed by atoms with Crippen LogP contribution >= 0.6 is 11.8 Å². The van der Waals surface area contributed by atoms with Crippen LogP contribution in [0.4, 0.5) is 0 Å². The third-order valence-electron chi connectivity index (χ3n) is 3.88. The highest BCUT2D eigenvalue weighted by Crippen LogP contribution is 2.31. The van der Waals surface area contributed by atoms with Crippen LogP contribution in [0.15, 0.2) is 52.3 Å². The van der Waals surface area contributed by atoms with Gasteiger partial charge in [-0.15, -0.1) is 11.8 Å². The van der Waals surface area contributed by atoms with E-state index in [4.69, 9.17) is 4.74 Å². The van der Waals surface area contributed by atoms with E-state index < -0.39 is 0 Å². The standard InChI is InChI=1S/C17H14N2O2S/c1-22-12-5-2-4-11(10-12)19-16-13(6-3-8-18-16)15(20)14-7-9-21-17(14)19/h2-6,8,10H,7,9H2,1H3. The highest BCUT2D eigenvalue weighted by Gasteiger charge is 2.24. The lowest BCUT2D eigenvalue weighted by molar-refractivity contribution is 0.338. The van der Waals surface area contributed by atoms with Gasteiger partial charge in [0, 0.05) is 17.5 Å². The number of thioether (sulfide) groups is 1. The Balaban J connectivity index is 2.13. The molecule has 0 bridgehead atoms. The Kier molecular flexibility index (Phi) is 3.15. The summed E-state index contributed by atoms with van der Waals surface area (Å²) in [5.41, 5.74) is 2.39. The Morgan fingerprint density at radius 1 is 1.27 bits per heavy atom. The summed E-state index contributed by atoms with van der Waals surface area (Å²) in [4.78, 5) is 18.2. The first-order chi connectivity index (χ1) is 10.8. The molecule has 0 N–H and O–H groups in total. The molecule has 2 aromatic heterocycles. The first-order valence-electron chi connectivity index (χ1n) is 7.09. The number of aromatic nitrogens is 2. The van der Waals surface area contributed by atoms with Gasteiger partial charge in [-0.2, -0.15) is 0 Å². The first kappa shape index (κ1) is 13.4. The smallest absolute Gasteiger partial charge is 0.207 e. The summed E-state index contributed by atoms with van der Waals surface area (Å²) in [6.07, 6.45) is 4.40. The van der Waals surface area contributed by atoms with E-state index in [1.165, 1.54) is 0 Å². The molecule has 0 spiro atoms. The van der Waals surface area contributed by atoms with E-state index >= 15 is 0 Å². The minimum absolute atomic E-state index is 0.0351. The molecule has 4 rings (SSSR count). The molecular formula is C17H14N2O2S. The van der Waals surface area contributed by atoms with Gasteiger partial charge in [-0.05, 0) is 36.6 Å². The quantitative estimate of drug-likeness (QED) is 0.682. The molecule has 110 valence electrons. The van der Waals surface area contributed by atoms with Gasteiger partial charge >= 0.3 is 0 Å². The number of fused-ring (bicyclic) bond motifs is 2. The Morgan fingerprint density at radius 3 is 3.05 bits per heavy atom. The summed E-state index contributed by atoms with van der Waals surface area (Å²) in [5.74, 6) is 0.634. The van der Waals surface area contributed by atoms with Crippen LogP contribution in [-0.2, 0) is 6.42 Å². The number of hydrogen-bond acceptors (Lipinski definition) is 4. The van der Waals surface area contributed by atoms with Gasteiger partial charge in [0.2, 0.25) is 5.88 Å². The molecular weight excluding hydrogens is 296 g/mol. The van der Waals surface area contributed by atoms with Crippen molar-refractivity contribution in [2.75, 3.05) is 12.9 Å². The van der Waals surface area contributed by atoms with Crippen LogP contribution in [0.25, 0.3) is 16.7 Å². The second kappa shape index (κ2) is 5.18. The summed E-state index contributed by atoms with van der Waals surface area (Å²) in [7, 11) is 0. The number of rotatable bonds is 2. The van der Waals surface area contributed by atoms with E-state index in [1.54, 1.807) is 24.0 Å². The lowest BCUT2D eigenvalue weighted by atomic mass is 10.1. The summed E-state index contributed by atoms with van der Waals surface area (Å²) in [6, 6.07) is 11.8. The predicted octanol–water partition coefficient (Wildman–Crippen LogP) is 3.04. The van der Waals surface area contributed by atoms with Gasteiger partial charge in [0.25, 0.3) is 0 Å². The maximum atomic E-state index is 12.6. The van der Waals surface area contributed by atoms with Gasteiger partial charge in [-0.1, -0.05) is 6.07 Å². The Labute approximate surface area is 131 Å². The molecule has 0 saturated heterocycles. The summed E-state index contributed by atoms with van der Waals surface area (Å²) >= 11 is 1.68. The summed E-state index contributed by atoms with van der Waals surface area (Å²) in [6.45, 7) is 0.545. The number of benzene rings is 1. The maximum absolute atomic E-state index is 12.6. The minimum Gasteiger partial charge on any atom is -0.478 e. The van der Waals surface area contributed by atoms with E-state index in [1.807, 2.05) is 29.0 Å². The molecule has 0 fully saturated rings. The number of hydrogen-bond donors (Lipinski definition) is 0. The lowest BCUT2D eigenvalue weighted by Crippen LogP contribution is -2.14. The summed E-state index contributed by atoms with van der Waals surface area (Å²) in [5, 5.41) is 0.640. The van der Waals surface area contributed by atoms with Crippen molar-refractivity contribution in [3.8, 4) is 11.6 Å². The average Bonchev–Trinajstić information content (AvgIpc) is 3.05. The van der Waals surface area contributed by atoms with Crippen molar-refractivity contribution in [1.29, 1.82) is 0 Å². The third kappa shape index (κ3) is 1.93. The fourth-order valence-electron chi connectivity index (χ4n) is 2.85. The van der Waals surface area contributed by atoms with E-state index in [0.29, 0.717) is 29.9 Å². The average molecular weight is 310 g/mol. The highest BCUT2D eigenvalue weighted by atomic mass is 32.2. The molecule has 1 aliphatic rings. The molecule has 3 heterocycles. The zero-order valence-electron chi connectivity index (χ0n) is 12.1. The van der Waals surface area contributed by atoms with Crippen molar-refractivity contribution < 1.29 is 4.74 Å². The van der Waals surface area contributed by atoms with Crippen LogP contribution in [0, 0.1) is 0 Å². The normalized spacial score (nSPS) is 13.1. The van der Waals surface area contributed by atoms with E-state index in [0.717, 1.165) is 16.1 Å². The topological polar surface area (TPSA) is 44.1 Å². The Hall–Kier alpha value is -2.27. The van der Waals surface area contributed by atoms with Crippen molar-refractivity contribution >= 4 is 22.8 Å². The van der Waals surface area contributed by atoms with E-state index in [-0.39, 0.29) is 5.43 Å². The Bertz CT molecular complexity index is 934. The largest absolute Gasteiger partial charge is 0.478 e. The van der Waals surface area contributed by atoms with Crippen LogP contribution in [0.5, 0.6) is 5.88 Å². The van der Waals surface area contributed by atoms with Crippen LogP contribution < -0.4 is 10.2 Å². The van der Waals surface area contributed by atoms with Gasteiger partial charge in [-0.25, -0.2) is 4.98 Å². The fraction of sp³-hybridized carbons (Fsp3) is 0.176. The van der Waals surface area contributed by atoms with Crippen molar-refractivity contribution in [3.63, 3.8) is 0 Å². The molecule has 0 radical (unpaired) electrons. The number of ether oxygens (including phenoxy) is 1. The van der Waals surface area contributed by atoms with Crippen LogP contribution in [0.2, 0.25) is 0 Å². The van der Waals surface area contributed by atoms with Crippen molar-refractivity contribution in [2.24, 2.45) is 0 Å². The molecule has 5 heteroatoms. The van der Waals surface area contributed by atoms with Crippen LogP contribution in [0.1, 0.15) is 5.56 Å². The minimum atomic E-state index is 0.0351. The molecule has 0 aliphatic carbocycles. The maximum Gasteiger partial charge on any atom is 0.207 e. The van der Waals surface area contributed by atoms with Crippen molar-refractivity contribution in [2.45, 2.75) is 11.3 Å². The molecule has 3 aromatic rings. The molecule has 0 unspecified atom stereocenters. The van der Waals surface area contributed by atoms with Gasteiger partial charge in [-0.3, -0.25) is 9.36 Å². The van der Waals surface area contributed by atoms with Gasteiger partial charge in [0.05, 0.1) is 23.2 Å². The number of pyridine rings is 2. The van der Waals surface area contributed by atoms with E-state index in [9.17, 15) is 4.79 Å². The van der Waals surface area contributed by atoms with Crippen LogP contribution in [0.3, 0.4) is 0 Å². The zero-order chi connectivity index (χ0) is 15.1. The van der Waals surface area contributed by atoms with Crippen LogP contribution in [-0.4, -0.2) is 22.4 Å².